The number of ketones is 1. The van der Waals surface area contributed by atoms with Crippen LogP contribution in [0.5, 0.6) is 11.5 Å². The molecule has 0 radical (unpaired) electrons. The van der Waals surface area contributed by atoms with Crippen molar-refractivity contribution in [3.8, 4) is 11.5 Å². The summed E-state index contributed by atoms with van der Waals surface area (Å²) in [6.07, 6.45) is 1.14. The number of ether oxygens (including phenoxy) is 3. The lowest BCUT2D eigenvalue weighted by atomic mass is 10.1. The van der Waals surface area contributed by atoms with Gasteiger partial charge in [0.1, 0.15) is 6.04 Å². The molecular formula is C19H23NO8. The topological polar surface area (TPSA) is 128 Å². The van der Waals surface area contributed by atoms with Gasteiger partial charge in [-0.05, 0) is 31.5 Å². The molecule has 0 aliphatic rings. The maximum Gasteiger partial charge on any atom is 0.326 e. The standard InChI is InChI=1S/C19H23NO8/c1-5-26-18(8-11(2)21)20-15(19(24)25)9-14-6-7-16(27-12(3)22)17(10-14)28-13(4)23/h6-8,10,15,20H,5,9H2,1-4H3,(H,24,25)/t15-/m0/s1. The molecule has 28 heavy (non-hydrogen) atoms. The molecule has 1 atom stereocenters. The Labute approximate surface area is 162 Å². The van der Waals surface area contributed by atoms with E-state index in [9.17, 15) is 24.3 Å². The number of carbonyl (C=O) groups excluding carboxylic acids is 3. The van der Waals surface area contributed by atoms with Gasteiger partial charge >= 0.3 is 17.9 Å². The van der Waals surface area contributed by atoms with Crippen LogP contribution in [-0.2, 0) is 30.3 Å². The van der Waals surface area contributed by atoms with E-state index in [0.29, 0.717) is 5.56 Å². The quantitative estimate of drug-likeness (QED) is 0.263. The van der Waals surface area contributed by atoms with Crippen molar-refractivity contribution < 1.29 is 38.5 Å². The average molecular weight is 393 g/mol. The van der Waals surface area contributed by atoms with Crippen molar-refractivity contribution in [2.75, 3.05) is 6.61 Å². The summed E-state index contributed by atoms with van der Waals surface area (Å²) in [6.45, 7) is 5.64. The summed E-state index contributed by atoms with van der Waals surface area (Å²) in [6, 6.07) is 3.23. The highest BCUT2D eigenvalue weighted by Crippen LogP contribution is 2.29. The molecule has 0 fully saturated rings. The van der Waals surface area contributed by atoms with Gasteiger partial charge in [-0.15, -0.1) is 0 Å². The van der Waals surface area contributed by atoms with Crippen LogP contribution < -0.4 is 14.8 Å². The number of aliphatic carboxylic acids is 1. The van der Waals surface area contributed by atoms with Crippen LogP contribution in [0.3, 0.4) is 0 Å². The van der Waals surface area contributed by atoms with E-state index in [-0.39, 0.29) is 36.2 Å². The van der Waals surface area contributed by atoms with Crippen molar-refractivity contribution >= 4 is 23.7 Å². The van der Waals surface area contributed by atoms with Gasteiger partial charge < -0.3 is 24.6 Å². The van der Waals surface area contributed by atoms with Crippen molar-refractivity contribution in [3.63, 3.8) is 0 Å². The minimum absolute atomic E-state index is 0.00588. The minimum atomic E-state index is -1.17. The second kappa shape index (κ2) is 10.7. The van der Waals surface area contributed by atoms with E-state index >= 15 is 0 Å². The van der Waals surface area contributed by atoms with E-state index in [4.69, 9.17) is 14.2 Å². The van der Waals surface area contributed by atoms with Crippen LogP contribution in [0.2, 0.25) is 0 Å². The number of carboxylic acid groups (broad SMARTS) is 1. The largest absolute Gasteiger partial charge is 0.480 e. The summed E-state index contributed by atoms with van der Waals surface area (Å²) in [4.78, 5) is 45.4. The Balaban J connectivity index is 3.12. The molecule has 0 spiro atoms. The van der Waals surface area contributed by atoms with E-state index in [2.05, 4.69) is 5.32 Å². The number of allylic oxidation sites excluding steroid dienone is 1. The molecule has 1 aromatic rings. The predicted molar refractivity (Wildman–Crippen MR) is 97.7 cm³/mol. The summed E-state index contributed by atoms with van der Waals surface area (Å²) in [5, 5.41) is 12.2. The average Bonchev–Trinajstić information content (AvgIpc) is 2.55. The van der Waals surface area contributed by atoms with Crippen LogP contribution in [-0.4, -0.2) is 41.4 Å². The fourth-order valence-corrected chi connectivity index (χ4v) is 2.23. The highest BCUT2D eigenvalue weighted by atomic mass is 16.6. The van der Waals surface area contributed by atoms with Crippen LogP contribution in [0.4, 0.5) is 0 Å². The Morgan fingerprint density at radius 3 is 2.18 bits per heavy atom. The Bertz CT molecular complexity index is 784. The van der Waals surface area contributed by atoms with Crippen LogP contribution in [0.25, 0.3) is 0 Å². The SMILES string of the molecule is CCOC(=CC(C)=O)N[C@@H](Cc1ccc(OC(C)=O)c(OC(C)=O)c1)C(=O)O. The van der Waals surface area contributed by atoms with Gasteiger partial charge in [-0.25, -0.2) is 4.79 Å². The molecule has 0 aliphatic carbocycles. The van der Waals surface area contributed by atoms with Gasteiger partial charge in [-0.3, -0.25) is 14.4 Å². The minimum Gasteiger partial charge on any atom is -0.480 e. The van der Waals surface area contributed by atoms with Gasteiger partial charge in [0.15, 0.2) is 23.2 Å². The second-order valence-corrected chi connectivity index (χ2v) is 5.76. The maximum atomic E-state index is 11.6. The van der Waals surface area contributed by atoms with Crippen molar-refractivity contribution in [2.24, 2.45) is 0 Å². The molecule has 0 heterocycles. The smallest absolute Gasteiger partial charge is 0.326 e. The molecule has 9 heteroatoms. The maximum absolute atomic E-state index is 11.6. The van der Waals surface area contributed by atoms with E-state index in [1.807, 2.05) is 0 Å². The molecule has 0 aromatic heterocycles. The molecule has 1 aromatic carbocycles. The molecule has 2 N–H and O–H groups in total. The molecule has 152 valence electrons. The molecule has 0 amide bonds. The number of benzene rings is 1. The summed E-state index contributed by atoms with van der Waals surface area (Å²) in [5.74, 6) is -2.62. The van der Waals surface area contributed by atoms with E-state index in [1.165, 1.54) is 39.0 Å². The van der Waals surface area contributed by atoms with Gasteiger partial charge in [0.25, 0.3) is 0 Å². The molecular weight excluding hydrogens is 370 g/mol. The summed E-state index contributed by atoms with van der Waals surface area (Å²) < 4.78 is 15.3. The fourth-order valence-electron chi connectivity index (χ4n) is 2.23. The summed E-state index contributed by atoms with van der Waals surface area (Å²) in [5.41, 5.74) is 0.491. The molecule has 9 nitrogen and oxygen atoms in total. The highest BCUT2D eigenvalue weighted by Gasteiger charge is 2.21. The Morgan fingerprint density at radius 2 is 1.68 bits per heavy atom. The molecule has 0 unspecified atom stereocenters. The third-order valence-corrected chi connectivity index (χ3v) is 3.20. The van der Waals surface area contributed by atoms with E-state index in [1.54, 1.807) is 6.92 Å². The van der Waals surface area contributed by atoms with Crippen molar-refractivity contribution in [1.29, 1.82) is 0 Å². The lowest BCUT2D eigenvalue weighted by Crippen LogP contribution is -2.38. The van der Waals surface area contributed by atoms with E-state index < -0.39 is 23.9 Å². The van der Waals surface area contributed by atoms with Crippen LogP contribution in [0, 0.1) is 0 Å². The molecule has 0 bridgehead atoms. The van der Waals surface area contributed by atoms with Crippen molar-refractivity contribution in [2.45, 2.75) is 40.2 Å². The normalized spacial score (nSPS) is 11.9. The summed E-state index contributed by atoms with van der Waals surface area (Å²) in [7, 11) is 0. The third-order valence-electron chi connectivity index (χ3n) is 3.20. The predicted octanol–water partition coefficient (Wildman–Crippen LogP) is 1.59. The lowest BCUT2D eigenvalue weighted by Gasteiger charge is -2.19. The number of nitrogens with one attached hydrogen (secondary N) is 1. The fraction of sp³-hybridized carbons (Fsp3) is 0.368. The lowest BCUT2D eigenvalue weighted by molar-refractivity contribution is -0.139. The zero-order chi connectivity index (χ0) is 21.3. The first-order valence-electron chi connectivity index (χ1n) is 8.46. The number of carbonyl (C=O) groups is 4. The Kier molecular flexibility index (Phi) is 8.67. The number of hydrogen-bond donors (Lipinski definition) is 2. The number of carboxylic acids is 1. The first-order chi connectivity index (χ1) is 13.1. The van der Waals surface area contributed by atoms with Crippen LogP contribution in [0.1, 0.15) is 33.3 Å². The van der Waals surface area contributed by atoms with Crippen molar-refractivity contribution in [3.05, 3.63) is 35.7 Å². The number of hydrogen-bond acceptors (Lipinski definition) is 8. The van der Waals surface area contributed by atoms with Crippen LogP contribution >= 0.6 is 0 Å². The van der Waals surface area contributed by atoms with Gasteiger partial charge in [0.05, 0.1) is 6.61 Å². The second-order valence-electron chi connectivity index (χ2n) is 5.76. The number of rotatable bonds is 10. The summed E-state index contributed by atoms with van der Waals surface area (Å²) >= 11 is 0. The first-order valence-corrected chi connectivity index (χ1v) is 8.46. The molecule has 0 saturated heterocycles. The Morgan fingerprint density at radius 1 is 1.07 bits per heavy atom. The molecule has 0 aliphatic heterocycles. The van der Waals surface area contributed by atoms with Gasteiger partial charge in [0.2, 0.25) is 0 Å². The molecule has 0 saturated carbocycles. The van der Waals surface area contributed by atoms with Gasteiger partial charge in [-0.2, -0.15) is 0 Å². The zero-order valence-corrected chi connectivity index (χ0v) is 16.1. The first kappa shape index (κ1) is 22.7. The van der Waals surface area contributed by atoms with Gasteiger partial charge in [0, 0.05) is 26.3 Å². The zero-order valence-electron chi connectivity index (χ0n) is 16.1. The Hall–Kier alpha value is -3.36. The van der Waals surface area contributed by atoms with E-state index in [0.717, 1.165) is 6.08 Å². The van der Waals surface area contributed by atoms with Crippen LogP contribution in [0.15, 0.2) is 30.2 Å². The third kappa shape index (κ3) is 7.90. The monoisotopic (exact) mass is 393 g/mol. The molecule has 1 rings (SSSR count). The van der Waals surface area contributed by atoms with Crippen molar-refractivity contribution in [1.82, 2.24) is 5.32 Å². The van der Waals surface area contributed by atoms with Gasteiger partial charge in [-0.1, -0.05) is 6.07 Å². The highest BCUT2D eigenvalue weighted by molar-refractivity contribution is 5.87. The number of esters is 2.